The Morgan fingerprint density at radius 1 is 1.35 bits per heavy atom. The van der Waals surface area contributed by atoms with Crippen molar-refractivity contribution in [1.29, 1.82) is 0 Å². The van der Waals surface area contributed by atoms with E-state index in [0.29, 0.717) is 5.92 Å². The lowest BCUT2D eigenvalue weighted by Gasteiger charge is -2.20. The SMILES string of the molecule is CC(NC(=O)c1ccccc1F)C1CCCC1. The summed E-state index contributed by atoms with van der Waals surface area (Å²) in [5, 5.41) is 2.90. The van der Waals surface area contributed by atoms with E-state index in [1.165, 1.54) is 37.8 Å². The molecule has 17 heavy (non-hydrogen) atoms. The lowest BCUT2D eigenvalue weighted by molar-refractivity contribution is 0.0923. The van der Waals surface area contributed by atoms with Gasteiger partial charge >= 0.3 is 0 Å². The fourth-order valence-electron chi connectivity index (χ4n) is 2.51. The molecule has 1 saturated carbocycles. The van der Waals surface area contributed by atoms with Crippen LogP contribution in [-0.4, -0.2) is 11.9 Å². The molecule has 0 spiro atoms. The fraction of sp³-hybridized carbons (Fsp3) is 0.500. The number of halogens is 1. The second kappa shape index (κ2) is 5.30. The third-order valence-corrected chi connectivity index (χ3v) is 3.58. The van der Waals surface area contributed by atoms with Crippen LogP contribution >= 0.6 is 0 Å². The highest BCUT2D eigenvalue weighted by Gasteiger charge is 2.23. The van der Waals surface area contributed by atoms with E-state index in [1.54, 1.807) is 12.1 Å². The van der Waals surface area contributed by atoms with E-state index in [2.05, 4.69) is 5.32 Å². The lowest BCUT2D eigenvalue weighted by atomic mass is 9.99. The van der Waals surface area contributed by atoms with Gasteiger partial charge in [-0.05, 0) is 37.8 Å². The molecule has 1 aromatic carbocycles. The maximum atomic E-state index is 13.4. The summed E-state index contributed by atoms with van der Waals surface area (Å²) in [5.74, 6) is -0.211. The van der Waals surface area contributed by atoms with Crippen molar-refractivity contribution in [3.8, 4) is 0 Å². The Kier molecular flexibility index (Phi) is 3.77. The average molecular weight is 235 g/mol. The number of hydrogen-bond donors (Lipinski definition) is 1. The van der Waals surface area contributed by atoms with Gasteiger partial charge < -0.3 is 5.32 Å². The first-order chi connectivity index (χ1) is 8.18. The second-order valence-electron chi connectivity index (χ2n) is 4.79. The predicted molar refractivity (Wildman–Crippen MR) is 65.3 cm³/mol. The van der Waals surface area contributed by atoms with Gasteiger partial charge in [0.15, 0.2) is 0 Å². The van der Waals surface area contributed by atoms with Gasteiger partial charge in [-0.1, -0.05) is 25.0 Å². The number of carbonyl (C=O) groups is 1. The Morgan fingerprint density at radius 2 is 2.00 bits per heavy atom. The molecule has 1 N–H and O–H groups in total. The zero-order valence-electron chi connectivity index (χ0n) is 10.1. The monoisotopic (exact) mass is 235 g/mol. The van der Waals surface area contributed by atoms with E-state index in [-0.39, 0.29) is 17.5 Å². The summed E-state index contributed by atoms with van der Waals surface area (Å²) in [6, 6.07) is 6.23. The molecule has 1 fully saturated rings. The highest BCUT2D eigenvalue weighted by Crippen LogP contribution is 2.27. The van der Waals surface area contributed by atoms with Crippen molar-refractivity contribution in [3.05, 3.63) is 35.6 Å². The van der Waals surface area contributed by atoms with Gasteiger partial charge in [0.2, 0.25) is 0 Å². The van der Waals surface area contributed by atoms with Crippen molar-refractivity contribution < 1.29 is 9.18 Å². The van der Waals surface area contributed by atoms with Crippen LogP contribution in [-0.2, 0) is 0 Å². The normalized spacial score (nSPS) is 18.0. The Balaban J connectivity index is 1.99. The summed E-state index contributed by atoms with van der Waals surface area (Å²) in [6.07, 6.45) is 4.81. The van der Waals surface area contributed by atoms with Crippen molar-refractivity contribution in [1.82, 2.24) is 5.32 Å². The van der Waals surface area contributed by atoms with Gasteiger partial charge in [-0.15, -0.1) is 0 Å². The highest BCUT2D eigenvalue weighted by molar-refractivity contribution is 5.94. The van der Waals surface area contributed by atoms with Gasteiger partial charge in [0.25, 0.3) is 5.91 Å². The fourth-order valence-corrected chi connectivity index (χ4v) is 2.51. The summed E-state index contributed by atoms with van der Waals surface area (Å²) in [4.78, 5) is 11.9. The van der Waals surface area contributed by atoms with E-state index < -0.39 is 5.82 Å². The molecule has 3 heteroatoms. The van der Waals surface area contributed by atoms with E-state index in [4.69, 9.17) is 0 Å². The molecule has 1 aliphatic rings. The van der Waals surface area contributed by atoms with Crippen LogP contribution in [0.1, 0.15) is 43.0 Å². The predicted octanol–water partition coefficient (Wildman–Crippen LogP) is 3.13. The van der Waals surface area contributed by atoms with E-state index >= 15 is 0 Å². The molecular formula is C14H18FNO. The summed E-state index contributed by atoms with van der Waals surface area (Å²) in [6.45, 7) is 2.01. The van der Waals surface area contributed by atoms with Crippen molar-refractivity contribution in [2.45, 2.75) is 38.6 Å². The van der Waals surface area contributed by atoms with Gasteiger partial charge in [-0.25, -0.2) is 4.39 Å². The smallest absolute Gasteiger partial charge is 0.254 e. The van der Waals surface area contributed by atoms with Crippen LogP contribution in [0, 0.1) is 11.7 Å². The third kappa shape index (κ3) is 2.84. The number of rotatable bonds is 3. The van der Waals surface area contributed by atoms with Crippen molar-refractivity contribution >= 4 is 5.91 Å². The molecule has 0 heterocycles. The summed E-state index contributed by atoms with van der Waals surface area (Å²) in [5.41, 5.74) is 0.136. The zero-order valence-corrected chi connectivity index (χ0v) is 10.1. The first-order valence-corrected chi connectivity index (χ1v) is 6.24. The summed E-state index contributed by atoms with van der Waals surface area (Å²) in [7, 11) is 0. The number of benzene rings is 1. The standard InChI is InChI=1S/C14H18FNO/c1-10(11-6-2-3-7-11)16-14(17)12-8-4-5-9-13(12)15/h4-5,8-11H,2-3,6-7H2,1H3,(H,16,17). The van der Waals surface area contributed by atoms with Crippen molar-refractivity contribution in [2.24, 2.45) is 5.92 Å². The molecule has 0 bridgehead atoms. The molecule has 1 atom stereocenters. The molecular weight excluding hydrogens is 217 g/mol. The minimum Gasteiger partial charge on any atom is -0.349 e. The Hall–Kier alpha value is -1.38. The van der Waals surface area contributed by atoms with Crippen LogP contribution in [0.2, 0.25) is 0 Å². The van der Waals surface area contributed by atoms with E-state index in [9.17, 15) is 9.18 Å². The summed E-state index contributed by atoms with van der Waals surface area (Å²) >= 11 is 0. The van der Waals surface area contributed by atoms with Gasteiger partial charge in [0, 0.05) is 6.04 Å². The van der Waals surface area contributed by atoms with Gasteiger partial charge in [-0.3, -0.25) is 4.79 Å². The van der Waals surface area contributed by atoms with E-state index in [1.807, 2.05) is 6.92 Å². The molecule has 1 aliphatic carbocycles. The van der Waals surface area contributed by atoms with Gasteiger partial charge in [0.05, 0.1) is 5.56 Å². The van der Waals surface area contributed by atoms with E-state index in [0.717, 1.165) is 0 Å². The van der Waals surface area contributed by atoms with Crippen LogP contribution < -0.4 is 5.32 Å². The van der Waals surface area contributed by atoms with Crippen LogP contribution in [0.3, 0.4) is 0 Å². The first kappa shape index (κ1) is 12.1. The number of nitrogens with one attached hydrogen (secondary N) is 1. The second-order valence-corrected chi connectivity index (χ2v) is 4.79. The maximum Gasteiger partial charge on any atom is 0.254 e. The average Bonchev–Trinajstić information content (AvgIpc) is 2.82. The largest absolute Gasteiger partial charge is 0.349 e. The molecule has 2 nitrogen and oxygen atoms in total. The quantitative estimate of drug-likeness (QED) is 0.856. The molecule has 0 aromatic heterocycles. The first-order valence-electron chi connectivity index (χ1n) is 6.24. The van der Waals surface area contributed by atoms with Crippen molar-refractivity contribution in [3.63, 3.8) is 0 Å². The van der Waals surface area contributed by atoms with Crippen LogP contribution in [0.4, 0.5) is 4.39 Å². The minimum atomic E-state index is -0.455. The Bertz CT molecular complexity index is 399. The highest BCUT2D eigenvalue weighted by atomic mass is 19.1. The topological polar surface area (TPSA) is 29.1 Å². The number of carbonyl (C=O) groups excluding carboxylic acids is 1. The molecule has 92 valence electrons. The lowest BCUT2D eigenvalue weighted by Crippen LogP contribution is -2.37. The van der Waals surface area contributed by atoms with Crippen LogP contribution in [0.15, 0.2) is 24.3 Å². The zero-order chi connectivity index (χ0) is 12.3. The molecule has 0 saturated heterocycles. The molecule has 1 unspecified atom stereocenters. The molecule has 1 aromatic rings. The molecule has 2 rings (SSSR count). The Labute approximate surface area is 101 Å². The van der Waals surface area contributed by atoms with Crippen LogP contribution in [0.5, 0.6) is 0 Å². The number of hydrogen-bond acceptors (Lipinski definition) is 1. The summed E-state index contributed by atoms with van der Waals surface area (Å²) < 4.78 is 13.4. The third-order valence-electron chi connectivity index (χ3n) is 3.58. The molecule has 0 aliphatic heterocycles. The van der Waals surface area contributed by atoms with Gasteiger partial charge in [0.1, 0.15) is 5.82 Å². The minimum absolute atomic E-state index is 0.129. The van der Waals surface area contributed by atoms with Gasteiger partial charge in [-0.2, -0.15) is 0 Å². The Morgan fingerprint density at radius 3 is 2.65 bits per heavy atom. The molecule has 1 amide bonds. The maximum absolute atomic E-state index is 13.4. The van der Waals surface area contributed by atoms with Crippen LogP contribution in [0.25, 0.3) is 0 Å². The number of amides is 1. The molecule has 0 radical (unpaired) electrons. The van der Waals surface area contributed by atoms with Crippen molar-refractivity contribution in [2.75, 3.05) is 0 Å².